The number of benzene rings is 2. The van der Waals surface area contributed by atoms with E-state index in [0.29, 0.717) is 10.2 Å². The summed E-state index contributed by atoms with van der Waals surface area (Å²) in [5.74, 6) is -1.09. The van der Waals surface area contributed by atoms with Crippen molar-refractivity contribution in [3.05, 3.63) is 106 Å². The zero-order chi connectivity index (χ0) is 28.8. The number of hydrogen-bond acceptors (Lipinski definition) is 4. The Hall–Kier alpha value is -4.94. The number of carbonyl (C=O) groups excluding carboxylic acids is 1. The maximum absolute atomic E-state index is 14.3. The highest BCUT2D eigenvalue weighted by Gasteiger charge is 2.42. The number of rotatable bonds is 4. The van der Waals surface area contributed by atoms with Crippen LogP contribution in [0.3, 0.4) is 0 Å². The van der Waals surface area contributed by atoms with Crippen LogP contribution in [0.5, 0.6) is 0 Å². The summed E-state index contributed by atoms with van der Waals surface area (Å²) in [5.41, 5.74) is -3.19. The first-order chi connectivity index (χ1) is 18.8. The molecule has 0 atom stereocenters. The zero-order valence-corrected chi connectivity index (χ0v) is 20.4. The summed E-state index contributed by atoms with van der Waals surface area (Å²) in [5, 5.41) is 6.74. The minimum absolute atomic E-state index is 0.0435. The number of carbonyl (C=O) groups is 1. The maximum atomic E-state index is 14.3. The molecule has 0 aliphatic carbocycles. The molecule has 0 bridgehead atoms. The first-order valence-corrected chi connectivity index (χ1v) is 11.6. The van der Waals surface area contributed by atoms with E-state index in [9.17, 15) is 35.9 Å². The molecule has 3 heterocycles. The molecule has 7 nitrogen and oxygen atoms in total. The van der Waals surface area contributed by atoms with Crippen LogP contribution >= 0.6 is 0 Å². The molecule has 3 aromatic heterocycles. The third-order valence-corrected chi connectivity index (χ3v) is 6.10. The van der Waals surface area contributed by atoms with Crippen LogP contribution in [0.4, 0.5) is 32.0 Å². The standard InChI is InChI=1S/C27H17F6N5O2/c1-14-22(23(27(31,32)33)38(37-14)20-4-2-3-19-18(20)10-12-35-24(19)39)25(40)36-17-7-5-15(6-8-17)16-9-11-34-21(13-16)26(28,29)30/h2-13H,1H3,(H,35,39)(H,36,40). The van der Waals surface area contributed by atoms with Gasteiger partial charge in [0, 0.05) is 28.9 Å². The van der Waals surface area contributed by atoms with Crippen LogP contribution < -0.4 is 10.9 Å². The summed E-state index contributed by atoms with van der Waals surface area (Å²) in [6.45, 7) is 1.25. The molecule has 0 unspecified atom stereocenters. The summed E-state index contributed by atoms with van der Waals surface area (Å²) in [4.78, 5) is 31.1. The van der Waals surface area contributed by atoms with Gasteiger partial charge in [0.2, 0.25) is 0 Å². The van der Waals surface area contributed by atoms with Gasteiger partial charge in [-0.1, -0.05) is 18.2 Å². The molecule has 13 heteroatoms. The molecule has 2 N–H and O–H groups in total. The second-order valence-corrected chi connectivity index (χ2v) is 8.72. The largest absolute Gasteiger partial charge is 0.434 e. The first kappa shape index (κ1) is 26.7. The Bertz CT molecular complexity index is 1800. The number of aryl methyl sites for hydroxylation is 1. The van der Waals surface area contributed by atoms with Gasteiger partial charge in [0.05, 0.1) is 16.9 Å². The van der Waals surface area contributed by atoms with Crippen LogP contribution in [0.1, 0.15) is 27.4 Å². The molecule has 0 fully saturated rings. The number of amides is 1. The lowest BCUT2D eigenvalue weighted by molar-refractivity contribution is -0.143. The summed E-state index contributed by atoms with van der Waals surface area (Å²) in [6, 6.07) is 13.4. The van der Waals surface area contributed by atoms with Crippen LogP contribution in [-0.4, -0.2) is 25.7 Å². The number of aromatic nitrogens is 4. The second kappa shape index (κ2) is 9.67. The van der Waals surface area contributed by atoms with Gasteiger partial charge in [-0.3, -0.25) is 14.6 Å². The van der Waals surface area contributed by atoms with Gasteiger partial charge < -0.3 is 10.3 Å². The fourth-order valence-corrected chi connectivity index (χ4v) is 4.33. The molecule has 0 saturated carbocycles. The van der Waals surface area contributed by atoms with Gasteiger partial charge in [-0.15, -0.1) is 0 Å². The highest BCUT2D eigenvalue weighted by atomic mass is 19.4. The highest BCUT2D eigenvalue weighted by molar-refractivity contribution is 6.06. The van der Waals surface area contributed by atoms with Gasteiger partial charge >= 0.3 is 12.4 Å². The van der Waals surface area contributed by atoms with E-state index in [0.717, 1.165) is 12.3 Å². The van der Waals surface area contributed by atoms with E-state index in [-0.39, 0.29) is 33.4 Å². The van der Waals surface area contributed by atoms with Gasteiger partial charge in [0.1, 0.15) is 5.69 Å². The van der Waals surface area contributed by atoms with Crippen molar-refractivity contribution >= 4 is 22.4 Å². The average molecular weight is 557 g/mol. The number of H-pyrrole nitrogens is 1. The Morgan fingerprint density at radius 3 is 2.30 bits per heavy atom. The molecule has 0 aliphatic rings. The summed E-state index contributed by atoms with van der Waals surface area (Å²) in [6.07, 6.45) is -7.33. The van der Waals surface area contributed by atoms with Gasteiger partial charge in [0.15, 0.2) is 5.69 Å². The fraction of sp³-hybridized carbons (Fsp3) is 0.111. The smallest absolute Gasteiger partial charge is 0.329 e. The minimum atomic E-state index is -5.00. The lowest BCUT2D eigenvalue weighted by atomic mass is 10.1. The van der Waals surface area contributed by atoms with Crippen molar-refractivity contribution in [3.63, 3.8) is 0 Å². The van der Waals surface area contributed by atoms with Gasteiger partial charge in [-0.05, 0) is 60.5 Å². The van der Waals surface area contributed by atoms with E-state index in [1.54, 1.807) is 0 Å². The molecule has 5 aromatic rings. The maximum Gasteiger partial charge on any atom is 0.434 e. The van der Waals surface area contributed by atoms with Crippen molar-refractivity contribution < 1.29 is 31.1 Å². The molecule has 0 aliphatic heterocycles. The zero-order valence-electron chi connectivity index (χ0n) is 20.4. The third kappa shape index (κ3) is 4.93. The van der Waals surface area contributed by atoms with Crippen LogP contribution in [0.25, 0.3) is 27.6 Å². The lowest BCUT2D eigenvalue weighted by Gasteiger charge is -2.14. The summed E-state index contributed by atoms with van der Waals surface area (Å²) >= 11 is 0. The van der Waals surface area contributed by atoms with E-state index < -0.39 is 40.8 Å². The van der Waals surface area contributed by atoms with Crippen LogP contribution in [-0.2, 0) is 12.4 Å². The predicted molar refractivity (Wildman–Crippen MR) is 134 cm³/mol. The molecule has 0 spiro atoms. The Morgan fingerprint density at radius 1 is 0.900 bits per heavy atom. The van der Waals surface area contributed by atoms with Crippen molar-refractivity contribution in [2.75, 3.05) is 5.32 Å². The number of hydrogen-bond donors (Lipinski definition) is 2. The number of nitrogens with zero attached hydrogens (tertiary/aromatic N) is 3. The highest BCUT2D eigenvalue weighted by Crippen LogP contribution is 2.37. The van der Waals surface area contributed by atoms with Crippen LogP contribution in [0.2, 0.25) is 0 Å². The number of nitrogens with one attached hydrogen (secondary N) is 2. The Kier molecular flexibility index (Phi) is 6.44. The molecule has 204 valence electrons. The molecular weight excluding hydrogens is 540 g/mol. The number of pyridine rings is 2. The molecule has 1 amide bonds. The molecule has 2 aromatic carbocycles. The van der Waals surface area contributed by atoms with Crippen molar-refractivity contribution in [3.8, 4) is 16.8 Å². The van der Waals surface area contributed by atoms with E-state index in [4.69, 9.17) is 0 Å². The van der Waals surface area contributed by atoms with Crippen molar-refractivity contribution in [2.24, 2.45) is 0 Å². The minimum Gasteiger partial charge on any atom is -0.329 e. The molecule has 0 radical (unpaired) electrons. The van der Waals surface area contributed by atoms with Crippen molar-refractivity contribution in [2.45, 2.75) is 19.3 Å². The third-order valence-electron chi connectivity index (χ3n) is 6.10. The number of halogens is 6. The lowest BCUT2D eigenvalue weighted by Crippen LogP contribution is -2.21. The van der Waals surface area contributed by atoms with E-state index in [1.807, 2.05) is 0 Å². The topological polar surface area (TPSA) is 92.7 Å². The Morgan fingerprint density at radius 2 is 1.62 bits per heavy atom. The second-order valence-electron chi connectivity index (χ2n) is 8.72. The van der Waals surface area contributed by atoms with Crippen LogP contribution in [0, 0.1) is 6.92 Å². The quantitative estimate of drug-likeness (QED) is 0.251. The van der Waals surface area contributed by atoms with Gasteiger partial charge in [-0.25, -0.2) is 4.68 Å². The molecule has 0 saturated heterocycles. The normalized spacial score (nSPS) is 12.1. The number of anilines is 1. The van der Waals surface area contributed by atoms with Crippen LogP contribution in [0.15, 0.2) is 77.9 Å². The molecular formula is C27H17F6N5O2. The number of aromatic amines is 1. The van der Waals surface area contributed by atoms with Crippen molar-refractivity contribution in [1.82, 2.24) is 19.7 Å². The number of fused-ring (bicyclic) bond motifs is 1. The molecule has 40 heavy (non-hydrogen) atoms. The summed E-state index contributed by atoms with van der Waals surface area (Å²) < 4.78 is 82.6. The Labute approximate surface area is 221 Å². The predicted octanol–water partition coefficient (Wildman–Crippen LogP) is 6.37. The Balaban J connectivity index is 1.51. The van der Waals surface area contributed by atoms with E-state index in [1.165, 1.54) is 67.7 Å². The first-order valence-electron chi connectivity index (χ1n) is 11.6. The van der Waals surface area contributed by atoms with E-state index in [2.05, 4.69) is 20.4 Å². The van der Waals surface area contributed by atoms with Gasteiger partial charge in [0.25, 0.3) is 11.5 Å². The van der Waals surface area contributed by atoms with Gasteiger partial charge in [-0.2, -0.15) is 31.4 Å². The monoisotopic (exact) mass is 557 g/mol. The van der Waals surface area contributed by atoms with Crippen molar-refractivity contribution in [1.29, 1.82) is 0 Å². The number of alkyl halides is 6. The molecule has 5 rings (SSSR count). The summed E-state index contributed by atoms with van der Waals surface area (Å²) in [7, 11) is 0. The van der Waals surface area contributed by atoms with E-state index >= 15 is 0 Å². The SMILES string of the molecule is Cc1nn(-c2cccc3c(=O)[nH]ccc23)c(C(F)(F)F)c1C(=O)Nc1ccc(-c2ccnc(C(F)(F)F)c2)cc1. The average Bonchev–Trinajstić information content (AvgIpc) is 3.26. The fourth-order valence-electron chi connectivity index (χ4n) is 4.33.